The second kappa shape index (κ2) is 6.36. The van der Waals surface area contributed by atoms with Gasteiger partial charge in [-0.25, -0.2) is 9.97 Å². The molecule has 2 aromatic heterocycles. The van der Waals surface area contributed by atoms with Crippen LogP contribution in [0.1, 0.15) is 10.6 Å². The molecule has 0 saturated carbocycles. The van der Waals surface area contributed by atoms with E-state index in [1.54, 1.807) is 17.4 Å². The summed E-state index contributed by atoms with van der Waals surface area (Å²) in [5.41, 5.74) is 2.91. The maximum atomic E-state index is 5.88. The first-order valence-electron chi connectivity index (χ1n) is 5.29. The predicted octanol–water partition coefficient (Wildman–Crippen LogP) is 3.24. The molecule has 0 fully saturated rings. The number of aromatic nitrogens is 3. The second-order valence-electron chi connectivity index (χ2n) is 3.48. The average Bonchev–Trinajstić information content (AvgIpc) is 2.74. The zero-order chi connectivity index (χ0) is 13.0. The van der Waals surface area contributed by atoms with Gasteiger partial charge in [0, 0.05) is 17.4 Å². The third kappa shape index (κ3) is 3.57. The van der Waals surface area contributed by atoms with Gasteiger partial charge in [0.1, 0.15) is 5.15 Å². The molecule has 0 saturated heterocycles. The molecule has 0 aliphatic heterocycles. The number of hydrogen-bond acceptors (Lipinski definition) is 6. The van der Waals surface area contributed by atoms with Crippen LogP contribution < -0.4 is 4.74 Å². The molecule has 0 aromatic carbocycles. The van der Waals surface area contributed by atoms with Crippen LogP contribution >= 0.6 is 34.7 Å². The Balaban J connectivity index is 1.94. The Morgan fingerprint density at radius 2 is 2.28 bits per heavy atom. The number of ether oxygens (including phenoxy) is 1. The third-order valence-electron chi connectivity index (χ3n) is 2.26. The Labute approximate surface area is 119 Å². The van der Waals surface area contributed by atoms with E-state index in [1.165, 1.54) is 16.6 Å². The highest BCUT2D eigenvalue weighted by atomic mass is 35.5. The van der Waals surface area contributed by atoms with Crippen molar-refractivity contribution < 1.29 is 4.74 Å². The van der Waals surface area contributed by atoms with Gasteiger partial charge in [-0.15, -0.1) is 11.3 Å². The van der Waals surface area contributed by atoms with Gasteiger partial charge < -0.3 is 4.74 Å². The number of aryl methyl sites for hydroxylation is 1. The summed E-state index contributed by atoms with van der Waals surface area (Å²) in [6.45, 7) is 2.56. The molecule has 0 radical (unpaired) electrons. The molecule has 0 aliphatic carbocycles. The standard InChI is InChI=1S/C11H12ClN3OS2/c1-7-8(18-6-13-7)3-4-16-10-5-9(12)14-11(15-10)17-2/h5-6H,3-4H2,1-2H3. The lowest BCUT2D eigenvalue weighted by Crippen LogP contribution is -2.03. The molecule has 0 N–H and O–H groups in total. The molecule has 2 heterocycles. The van der Waals surface area contributed by atoms with Crippen LogP contribution in [0.3, 0.4) is 0 Å². The minimum atomic E-state index is 0.401. The van der Waals surface area contributed by atoms with Crippen molar-refractivity contribution in [1.29, 1.82) is 0 Å². The summed E-state index contributed by atoms with van der Waals surface area (Å²) >= 11 is 8.96. The molecule has 0 spiro atoms. The summed E-state index contributed by atoms with van der Waals surface area (Å²) in [6, 6.07) is 1.63. The number of hydrogen-bond donors (Lipinski definition) is 0. The van der Waals surface area contributed by atoms with Gasteiger partial charge in [0.15, 0.2) is 5.16 Å². The van der Waals surface area contributed by atoms with Crippen LogP contribution in [0.2, 0.25) is 5.15 Å². The van der Waals surface area contributed by atoms with Gasteiger partial charge in [-0.1, -0.05) is 23.4 Å². The maximum Gasteiger partial charge on any atom is 0.218 e. The molecule has 96 valence electrons. The molecular weight excluding hydrogens is 290 g/mol. The van der Waals surface area contributed by atoms with Crippen LogP contribution in [-0.2, 0) is 6.42 Å². The van der Waals surface area contributed by atoms with E-state index < -0.39 is 0 Å². The van der Waals surface area contributed by atoms with Gasteiger partial charge >= 0.3 is 0 Å². The van der Waals surface area contributed by atoms with E-state index >= 15 is 0 Å². The fourth-order valence-electron chi connectivity index (χ4n) is 1.36. The van der Waals surface area contributed by atoms with Crippen molar-refractivity contribution in [2.24, 2.45) is 0 Å². The molecule has 0 atom stereocenters. The Hall–Kier alpha value is -0.850. The van der Waals surface area contributed by atoms with Crippen molar-refractivity contribution >= 4 is 34.7 Å². The SMILES string of the molecule is CSc1nc(Cl)cc(OCCc2scnc2C)n1. The van der Waals surface area contributed by atoms with E-state index in [9.17, 15) is 0 Å². The molecule has 0 amide bonds. The molecule has 2 aromatic rings. The predicted molar refractivity (Wildman–Crippen MR) is 74.9 cm³/mol. The monoisotopic (exact) mass is 301 g/mol. The Morgan fingerprint density at radius 1 is 1.44 bits per heavy atom. The van der Waals surface area contributed by atoms with Crippen LogP contribution in [0.15, 0.2) is 16.7 Å². The fourth-order valence-corrected chi connectivity index (χ4v) is 2.71. The third-order valence-corrected chi connectivity index (χ3v) is 3.99. The first-order chi connectivity index (χ1) is 8.69. The number of thiazole rings is 1. The first kappa shape index (κ1) is 13.6. The lowest BCUT2D eigenvalue weighted by molar-refractivity contribution is 0.307. The van der Waals surface area contributed by atoms with Crippen molar-refractivity contribution in [2.45, 2.75) is 18.5 Å². The number of halogens is 1. The summed E-state index contributed by atoms with van der Waals surface area (Å²) in [5, 5.41) is 1.02. The van der Waals surface area contributed by atoms with E-state index in [0.29, 0.717) is 22.8 Å². The van der Waals surface area contributed by atoms with Crippen molar-refractivity contribution in [1.82, 2.24) is 15.0 Å². The highest BCUT2D eigenvalue weighted by Gasteiger charge is 2.05. The Bertz CT molecular complexity index is 533. The molecule has 0 aliphatic rings. The van der Waals surface area contributed by atoms with Crippen molar-refractivity contribution in [3.05, 3.63) is 27.3 Å². The van der Waals surface area contributed by atoms with Gasteiger partial charge in [-0.05, 0) is 13.2 Å². The Morgan fingerprint density at radius 3 is 2.94 bits per heavy atom. The number of nitrogens with zero attached hydrogens (tertiary/aromatic N) is 3. The van der Waals surface area contributed by atoms with Crippen molar-refractivity contribution in [3.63, 3.8) is 0 Å². The molecule has 4 nitrogen and oxygen atoms in total. The topological polar surface area (TPSA) is 47.9 Å². The van der Waals surface area contributed by atoms with Gasteiger partial charge in [0.25, 0.3) is 0 Å². The molecule has 0 unspecified atom stereocenters. The van der Waals surface area contributed by atoms with Gasteiger partial charge in [-0.3, -0.25) is 0 Å². The van der Waals surface area contributed by atoms with Gasteiger partial charge in [0.2, 0.25) is 5.88 Å². The van der Waals surface area contributed by atoms with E-state index in [-0.39, 0.29) is 0 Å². The summed E-state index contributed by atoms with van der Waals surface area (Å²) < 4.78 is 5.59. The molecule has 7 heteroatoms. The quantitative estimate of drug-likeness (QED) is 0.482. The summed E-state index contributed by atoms with van der Waals surface area (Å²) in [6.07, 6.45) is 2.73. The highest BCUT2D eigenvalue weighted by Crippen LogP contribution is 2.19. The van der Waals surface area contributed by atoms with Crippen LogP contribution in [0.25, 0.3) is 0 Å². The minimum Gasteiger partial charge on any atom is -0.477 e. The molecule has 2 rings (SSSR count). The molecule has 0 bridgehead atoms. The van der Waals surface area contributed by atoms with Gasteiger partial charge in [-0.2, -0.15) is 4.98 Å². The summed E-state index contributed by atoms with van der Waals surface area (Å²) in [4.78, 5) is 13.7. The van der Waals surface area contributed by atoms with E-state index in [2.05, 4.69) is 15.0 Å². The normalized spacial score (nSPS) is 10.6. The lowest BCUT2D eigenvalue weighted by Gasteiger charge is -2.06. The summed E-state index contributed by atoms with van der Waals surface area (Å²) in [5.74, 6) is 0.515. The van der Waals surface area contributed by atoms with Crippen molar-refractivity contribution in [2.75, 3.05) is 12.9 Å². The number of thioether (sulfide) groups is 1. The average molecular weight is 302 g/mol. The first-order valence-corrected chi connectivity index (χ1v) is 7.77. The second-order valence-corrected chi connectivity index (χ2v) is 5.57. The number of rotatable bonds is 5. The maximum absolute atomic E-state index is 5.88. The van der Waals surface area contributed by atoms with Crippen LogP contribution in [-0.4, -0.2) is 27.8 Å². The van der Waals surface area contributed by atoms with Crippen LogP contribution in [0, 0.1) is 6.92 Å². The largest absolute Gasteiger partial charge is 0.477 e. The lowest BCUT2D eigenvalue weighted by atomic mass is 10.3. The van der Waals surface area contributed by atoms with E-state index in [4.69, 9.17) is 16.3 Å². The zero-order valence-electron chi connectivity index (χ0n) is 10.0. The Kier molecular flexibility index (Phi) is 4.79. The van der Waals surface area contributed by atoms with Crippen LogP contribution in [0.5, 0.6) is 5.88 Å². The minimum absolute atomic E-state index is 0.401. The van der Waals surface area contributed by atoms with Gasteiger partial charge in [0.05, 0.1) is 17.8 Å². The van der Waals surface area contributed by atoms with E-state index in [0.717, 1.165) is 12.1 Å². The summed E-state index contributed by atoms with van der Waals surface area (Å²) in [7, 11) is 0. The highest BCUT2D eigenvalue weighted by molar-refractivity contribution is 7.98. The fraction of sp³-hybridized carbons (Fsp3) is 0.364. The zero-order valence-corrected chi connectivity index (χ0v) is 12.4. The molecular formula is C11H12ClN3OS2. The van der Waals surface area contributed by atoms with Crippen LogP contribution in [0.4, 0.5) is 0 Å². The smallest absolute Gasteiger partial charge is 0.218 e. The van der Waals surface area contributed by atoms with Crippen molar-refractivity contribution in [3.8, 4) is 5.88 Å². The van der Waals surface area contributed by atoms with E-state index in [1.807, 2.05) is 18.7 Å². The molecule has 18 heavy (non-hydrogen) atoms.